The second-order valence-electron chi connectivity index (χ2n) is 8.97. The summed E-state index contributed by atoms with van der Waals surface area (Å²) in [7, 11) is 3.94. The first kappa shape index (κ1) is 21.9. The Morgan fingerprint density at radius 2 is 1.81 bits per heavy atom. The number of hydrogen-bond acceptors (Lipinski definition) is 4. The normalized spacial score (nSPS) is 15.4. The molecule has 0 atom stereocenters. The number of aromatic nitrogens is 3. The van der Waals surface area contributed by atoms with Gasteiger partial charge < -0.3 is 9.80 Å². The average molecular weight is 434 g/mol. The molecule has 0 fully saturated rings. The van der Waals surface area contributed by atoms with Gasteiger partial charge in [0.05, 0.1) is 24.3 Å². The molecule has 4 rings (SSSR count). The molecule has 1 aliphatic heterocycles. The highest BCUT2D eigenvalue weighted by Crippen LogP contribution is 2.39. The molecular formula is C25H28FN5O. The summed E-state index contributed by atoms with van der Waals surface area (Å²) in [5.41, 5.74) is 4.08. The minimum absolute atomic E-state index is 0.0201. The van der Waals surface area contributed by atoms with E-state index in [1.807, 2.05) is 46.8 Å². The molecule has 0 saturated heterocycles. The van der Waals surface area contributed by atoms with E-state index in [4.69, 9.17) is 5.10 Å². The van der Waals surface area contributed by atoms with E-state index in [0.29, 0.717) is 19.6 Å². The molecule has 0 spiro atoms. The van der Waals surface area contributed by atoms with Crippen molar-refractivity contribution in [1.29, 1.82) is 0 Å². The van der Waals surface area contributed by atoms with E-state index >= 15 is 0 Å². The molecule has 0 radical (unpaired) electrons. The van der Waals surface area contributed by atoms with Gasteiger partial charge in [-0.05, 0) is 69.9 Å². The Kier molecular flexibility index (Phi) is 5.93. The van der Waals surface area contributed by atoms with Gasteiger partial charge in [0, 0.05) is 36.1 Å². The molecule has 1 aromatic carbocycles. The van der Waals surface area contributed by atoms with Gasteiger partial charge in [-0.1, -0.05) is 6.08 Å². The monoisotopic (exact) mass is 433 g/mol. The lowest BCUT2D eigenvalue weighted by Crippen LogP contribution is -2.53. The summed E-state index contributed by atoms with van der Waals surface area (Å²) < 4.78 is 15.5. The van der Waals surface area contributed by atoms with E-state index in [-0.39, 0.29) is 11.7 Å². The summed E-state index contributed by atoms with van der Waals surface area (Å²) in [6.45, 7) is 5.81. The van der Waals surface area contributed by atoms with E-state index in [0.717, 1.165) is 28.1 Å². The van der Waals surface area contributed by atoms with Crippen LogP contribution < -0.4 is 0 Å². The van der Waals surface area contributed by atoms with Crippen LogP contribution in [0.2, 0.25) is 0 Å². The zero-order valence-electron chi connectivity index (χ0n) is 18.9. The predicted octanol–water partition coefficient (Wildman–Crippen LogP) is 3.99. The Hall–Kier alpha value is -3.32. The second kappa shape index (κ2) is 8.67. The fourth-order valence-electron chi connectivity index (χ4n) is 4.07. The zero-order chi connectivity index (χ0) is 22.9. The minimum Gasteiger partial charge on any atom is -0.326 e. The zero-order valence-corrected chi connectivity index (χ0v) is 18.9. The molecule has 2 aromatic heterocycles. The largest absolute Gasteiger partial charge is 0.326 e. The molecule has 0 aliphatic carbocycles. The van der Waals surface area contributed by atoms with Crippen molar-refractivity contribution in [3.8, 4) is 22.4 Å². The van der Waals surface area contributed by atoms with Crippen LogP contribution >= 0.6 is 0 Å². The third-order valence-corrected chi connectivity index (χ3v) is 5.72. The van der Waals surface area contributed by atoms with Crippen molar-refractivity contribution in [2.45, 2.75) is 32.5 Å². The molecule has 1 aliphatic rings. The van der Waals surface area contributed by atoms with E-state index in [9.17, 15) is 9.18 Å². The van der Waals surface area contributed by atoms with Gasteiger partial charge in [-0.3, -0.25) is 14.5 Å². The van der Waals surface area contributed by atoms with Crippen LogP contribution in [0.15, 0.2) is 60.9 Å². The fourth-order valence-corrected chi connectivity index (χ4v) is 4.07. The molecule has 3 heterocycles. The maximum Gasteiger partial charge on any atom is 0.247 e. The van der Waals surface area contributed by atoms with E-state index in [2.05, 4.69) is 18.8 Å². The number of likely N-dealkylation sites (N-methyl/N-ethyl adjacent to an activating group) is 1. The van der Waals surface area contributed by atoms with Crippen molar-refractivity contribution < 1.29 is 9.18 Å². The van der Waals surface area contributed by atoms with Crippen molar-refractivity contribution in [2.24, 2.45) is 0 Å². The molecule has 1 amide bonds. The molecule has 3 aromatic rings. The summed E-state index contributed by atoms with van der Waals surface area (Å²) in [5.74, 6) is -0.307. The maximum atomic E-state index is 13.6. The number of amides is 1. The van der Waals surface area contributed by atoms with Gasteiger partial charge in [-0.2, -0.15) is 5.10 Å². The molecule has 0 N–H and O–H groups in total. The number of rotatable bonds is 5. The molecule has 6 nitrogen and oxygen atoms in total. The molecule has 0 saturated carbocycles. The minimum atomic E-state index is -0.409. The van der Waals surface area contributed by atoms with E-state index < -0.39 is 5.54 Å². The van der Waals surface area contributed by atoms with Crippen LogP contribution in [0.5, 0.6) is 0 Å². The third kappa shape index (κ3) is 4.34. The van der Waals surface area contributed by atoms with Crippen LogP contribution in [0.3, 0.4) is 0 Å². The SMILES string of the molecule is CN(C)C/C=C/C(=O)N1Cc2c(-c3ccncc3)c(-c3ccc(F)cc3)nn2CC1(C)C. The van der Waals surface area contributed by atoms with Crippen LogP contribution in [-0.4, -0.2) is 56.7 Å². The van der Waals surface area contributed by atoms with Crippen molar-refractivity contribution in [3.05, 3.63) is 72.5 Å². The van der Waals surface area contributed by atoms with E-state index in [1.54, 1.807) is 30.6 Å². The average Bonchev–Trinajstić information content (AvgIpc) is 3.10. The number of halogens is 1. The molecule has 166 valence electrons. The molecule has 0 bridgehead atoms. The topological polar surface area (TPSA) is 54.3 Å². The maximum absolute atomic E-state index is 13.6. The number of fused-ring (bicyclic) bond motifs is 1. The second-order valence-corrected chi connectivity index (χ2v) is 8.97. The fraction of sp³-hybridized carbons (Fsp3) is 0.320. The van der Waals surface area contributed by atoms with Crippen LogP contribution in [-0.2, 0) is 17.9 Å². The Morgan fingerprint density at radius 1 is 1.12 bits per heavy atom. The number of nitrogens with zero attached hydrogens (tertiary/aromatic N) is 5. The van der Waals surface area contributed by atoms with Crippen LogP contribution in [0.1, 0.15) is 19.5 Å². The highest BCUT2D eigenvalue weighted by molar-refractivity contribution is 5.89. The standard InChI is InChI=1S/C25H28FN5O/c1-25(2)17-31-21(16-30(25)22(32)6-5-15-29(3)4)23(18-11-13-27-14-12-18)24(28-31)19-7-9-20(26)10-8-19/h5-14H,15-17H2,1-4H3/b6-5+. The van der Waals surface area contributed by atoms with E-state index in [1.165, 1.54) is 12.1 Å². The highest BCUT2D eigenvalue weighted by atomic mass is 19.1. The van der Waals surface area contributed by atoms with Gasteiger partial charge in [0.2, 0.25) is 5.91 Å². The summed E-state index contributed by atoms with van der Waals surface area (Å²) in [4.78, 5) is 21.2. The number of hydrogen-bond donors (Lipinski definition) is 0. The van der Waals surface area contributed by atoms with Gasteiger partial charge >= 0.3 is 0 Å². The quantitative estimate of drug-likeness (QED) is 0.571. The third-order valence-electron chi connectivity index (χ3n) is 5.72. The summed E-state index contributed by atoms with van der Waals surface area (Å²) in [5, 5.41) is 4.91. The Balaban J connectivity index is 1.80. The van der Waals surface area contributed by atoms with Crippen molar-refractivity contribution in [2.75, 3.05) is 20.6 Å². The van der Waals surface area contributed by atoms with Crippen molar-refractivity contribution in [3.63, 3.8) is 0 Å². The summed E-state index contributed by atoms with van der Waals surface area (Å²) in [6.07, 6.45) is 7.03. The van der Waals surface area contributed by atoms with Gasteiger partial charge in [0.1, 0.15) is 11.5 Å². The van der Waals surface area contributed by atoms with Crippen LogP contribution in [0.4, 0.5) is 4.39 Å². The first-order chi connectivity index (χ1) is 15.3. The summed E-state index contributed by atoms with van der Waals surface area (Å²) >= 11 is 0. The number of benzene rings is 1. The Morgan fingerprint density at radius 3 is 2.47 bits per heavy atom. The number of pyridine rings is 1. The summed E-state index contributed by atoms with van der Waals surface area (Å²) in [6, 6.07) is 10.2. The predicted molar refractivity (Wildman–Crippen MR) is 123 cm³/mol. The lowest BCUT2D eigenvalue weighted by atomic mass is 9.95. The molecule has 7 heteroatoms. The van der Waals surface area contributed by atoms with Crippen molar-refractivity contribution >= 4 is 5.91 Å². The highest BCUT2D eigenvalue weighted by Gasteiger charge is 2.38. The lowest BCUT2D eigenvalue weighted by Gasteiger charge is -2.42. The van der Waals surface area contributed by atoms with Gasteiger partial charge in [0.15, 0.2) is 0 Å². The van der Waals surface area contributed by atoms with Crippen LogP contribution in [0, 0.1) is 5.82 Å². The first-order valence-electron chi connectivity index (χ1n) is 10.6. The number of carbonyl (C=O) groups excluding carboxylic acids is 1. The molecular weight excluding hydrogens is 405 g/mol. The van der Waals surface area contributed by atoms with Gasteiger partial charge in [0.25, 0.3) is 0 Å². The van der Waals surface area contributed by atoms with Gasteiger partial charge in [-0.15, -0.1) is 0 Å². The van der Waals surface area contributed by atoms with Crippen molar-refractivity contribution in [1.82, 2.24) is 24.6 Å². The van der Waals surface area contributed by atoms with Gasteiger partial charge in [-0.25, -0.2) is 4.39 Å². The Bertz CT molecular complexity index is 1130. The first-order valence-corrected chi connectivity index (χ1v) is 10.6. The smallest absolute Gasteiger partial charge is 0.247 e. The molecule has 32 heavy (non-hydrogen) atoms. The van der Waals surface area contributed by atoms with Crippen LogP contribution in [0.25, 0.3) is 22.4 Å². The lowest BCUT2D eigenvalue weighted by molar-refractivity contribution is -0.134. The Labute approximate surface area is 188 Å². The number of carbonyl (C=O) groups is 1. The molecule has 0 unspecified atom stereocenters.